The Balaban J connectivity index is 2.07. The molecule has 2 atom stereocenters. The fourth-order valence-corrected chi connectivity index (χ4v) is 3.08. The summed E-state index contributed by atoms with van der Waals surface area (Å²) in [6.45, 7) is 6.93. The summed E-state index contributed by atoms with van der Waals surface area (Å²) in [5.41, 5.74) is 4.45. The monoisotopic (exact) mass is 226 g/mol. The third-order valence-corrected chi connectivity index (χ3v) is 3.82. The molecule has 0 aliphatic heterocycles. The zero-order valence-electron chi connectivity index (χ0n) is 10.6. The highest BCUT2D eigenvalue weighted by Crippen LogP contribution is 2.58. The molecule has 0 bridgehead atoms. The van der Waals surface area contributed by atoms with E-state index in [4.69, 9.17) is 4.42 Å². The standard InChI is InChI=1S/C16H18O/c1-16(2,3)15-13-10-17-9-12(13)14(15)11-7-5-4-6-8-11/h4-10,14-15H,1-3H3. The molecule has 17 heavy (non-hydrogen) atoms. The maximum Gasteiger partial charge on any atom is 0.0944 e. The van der Waals surface area contributed by atoms with Crippen molar-refractivity contribution in [3.8, 4) is 0 Å². The number of hydrogen-bond donors (Lipinski definition) is 0. The van der Waals surface area contributed by atoms with Crippen molar-refractivity contribution in [2.75, 3.05) is 0 Å². The van der Waals surface area contributed by atoms with Crippen LogP contribution >= 0.6 is 0 Å². The molecular formula is C16H18O. The van der Waals surface area contributed by atoms with E-state index in [0.29, 0.717) is 11.8 Å². The van der Waals surface area contributed by atoms with Gasteiger partial charge >= 0.3 is 0 Å². The summed E-state index contributed by atoms with van der Waals surface area (Å²) in [7, 11) is 0. The fourth-order valence-electron chi connectivity index (χ4n) is 3.08. The molecule has 1 aromatic carbocycles. The van der Waals surface area contributed by atoms with E-state index in [1.807, 2.05) is 12.5 Å². The summed E-state index contributed by atoms with van der Waals surface area (Å²) >= 11 is 0. The SMILES string of the molecule is CC(C)(C)C1c2cocc2C1c1ccccc1. The van der Waals surface area contributed by atoms with E-state index >= 15 is 0 Å². The van der Waals surface area contributed by atoms with Crippen LogP contribution in [0.15, 0.2) is 47.3 Å². The van der Waals surface area contributed by atoms with Crippen LogP contribution in [0.4, 0.5) is 0 Å². The van der Waals surface area contributed by atoms with Gasteiger partial charge in [-0.15, -0.1) is 0 Å². The Kier molecular flexibility index (Phi) is 2.19. The van der Waals surface area contributed by atoms with Gasteiger partial charge in [0.2, 0.25) is 0 Å². The van der Waals surface area contributed by atoms with Gasteiger partial charge in [0.05, 0.1) is 12.5 Å². The van der Waals surface area contributed by atoms with Crippen LogP contribution in [0.3, 0.4) is 0 Å². The Labute approximate surface area is 102 Å². The largest absolute Gasteiger partial charge is 0.472 e. The van der Waals surface area contributed by atoms with E-state index in [0.717, 1.165) is 0 Å². The van der Waals surface area contributed by atoms with Gasteiger partial charge in [-0.25, -0.2) is 0 Å². The Morgan fingerprint density at radius 3 is 2.24 bits per heavy atom. The first-order valence-corrected chi connectivity index (χ1v) is 6.20. The topological polar surface area (TPSA) is 13.1 Å². The summed E-state index contributed by atoms with van der Waals surface area (Å²) < 4.78 is 5.38. The lowest BCUT2D eigenvalue weighted by molar-refractivity contribution is 0.267. The fraction of sp³-hybridized carbons (Fsp3) is 0.375. The zero-order valence-corrected chi connectivity index (χ0v) is 10.6. The van der Waals surface area contributed by atoms with Gasteiger partial charge in [0.25, 0.3) is 0 Å². The van der Waals surface area contributed by atoms with Gasteiger partial charge in [0, 0.05) is 17.4 Å². The third kappa shape index (κ3) is 1.53. The second-order valence-electron chi connectivity index (χ2n) is 6.01. The molecule has 0 N–H and O–H groups in total. The van der Waals surface area contributed by atoms with Crippen molar-refractivity contribution in [1.29, 1.82) is 0 Å². The second kappa shape index (κ2) is 3.49. The molecule has 1 aliphatic rings. The molecule has 0 spiro atoms. The van der Waals surface area contributed by atoms with Crippen molar-refractivity contribution in [1.82, 2.24) is 0 Å². The van der Waals surface area contributed by atoms with Gasteiger partial charge in [-0.05, 0) is 16.5 Å². The van der Waals surface area contributed by atoms with Crippen LogP contribution in [0.1, 0.15) is 49.3 Å². The summed E-state index contributed by atoms with van der Waals surface area (Å²) in [5, 5.41) is 0. The number of benzene rings is 1. The quantitative estimate of drug-likeness (QED) is 0.695. The van der Waals surface area contributed by atoms with E-state index in [2.05, 4.69) is 51.1 Å². The van der Waals surface area contributed by atoms with E-state index in [9.17, 15) is 0 Å². The molecule has 1 heterocycles. The van der Waals surface area contributed by atoms with Crippen molar-refractivity contribution in [3.63, 3.8) is 0 Å². The highest BCUT2D eigenvalue weighted by molar-refractivity contribution is 5.50. The number of rotatable bonds is 1. The van der Waals surface area contributed by atoms with E-state index in [1.165, 1.54) is 16.7 Å². The molecule has 0 saturated heterocycles. The summed E-state index contributed by atoms with van der Waals surface area (Å²) in [6.07, 6.45) is 3.83. The average Bonchev–Trinajstić information content (AvgIpc) is 2.61. The minimum Gasteiger partial charge on any atom is -0.472 e. The second-order valence-corrected chi connectivity index (χ2v) is 6.01. The van der Waals surface area contributed by atoms with Crippen LogP contribution in [-0.2, 0) is 0 Å². The average molecular weight is 226 g/mol. The Morgan fingerprint density at radius 1 is 0.941 bits per heavy atom. The number of fused-ring (bicyclic) bond motifs is 1. The normalized spacial score (nSPS) is 23.0. The molecule has 0 fully saturated rings. The molecule has 0 saturated carbocycles. The third-order valence-electron chi connectivity index (χ3n) is 3.82. The van der Waals surface area contributed by atoms with Crippen LogP contribution < -0.4 is 0 Å². The lowest BCUT2D eigenvalue weighted by atomic mass is 9.57. The van der Waals surface area contributed by atoms with Gasteiger partial charge < -0.3 is 4.42 Å². The zero-order chi connectivity index (χ0) is 12.0. The van der Waals surface area contributed by atoms with Gasteiger partial charge in [-0.1, -0.05) is 51.1 Å². The minimum absolute atomic E-state index is 0.275. The van der Waals surface area contributed by atoms with E-state index < -0.39 is 0 Å². The molecule has 1 aromatic heterocycles. The summed E-state index contributed by atoms with van der Waals surface area (Å²) in [5.74, 6) is 1.07. The molecule has 0 amide bonds. The predicted molar refractivity (Wildman–Crippen MR) is 69.2 cm³/mol. The molecule has 2 aromatic rings. The molecule has 2 unspecified atom stereocenters. The number of furan rings is 1. The molecule has 1 heteroatoms. The van der Waals surface area contributed by atoms with Crippen molar-refractivity contribution in [2.45, 2.75) is 32.6 Å². The van der Waals surface area contributed by atoms with Crippen LogP contribution in [0.5, 0.6) is 0 Å². The van der Waals surface area contributed by atoms with Gasteiger partial charge in [-0.2, -0.15) is 0 Å². The van der Waals surface area contributed by atoms with E-state index in [-0.39, 0.29) is 5.41 Å². The highest BCUT2D eigenvalue weighted by atomic mass is 16.3. The Hall–Kier alpha value is -1.50. The lowest BCUT2D eigenvalue weighted by Crippen LogP contribution is -2.33. The first kappa shape index (κ1) is 10.6. The van der Waals surface area contributed by atoms with Crippen LogP contribution in [-0.4, -0.2) is 0 Å². The molecule has 1 aliphatic carbocycles. The van der Waals surface area contributed by atoms with Gasteiger partial charge in [0.15, 0.2) is 0 Å². The Morgan fingerprint density at radius 2 is 1.59 bits per heavy atom. The minimum atomic E-state index is 0.275. The van der Waals surface area contributed by atoms with Gasteiger partial charge in [0.1, 0.15) is 0 Å². The smallest absolute Gasteiger partial charge is 0.0944 e. The summed E-state index contributed by atoms with van der Waals surface area (Å²) in [6, 6.07) is 10.8. The van der Waals surface area contributed by atoms with Gasteiger partial charge in [-0.3, -0.25) is 0 Å². The molecule has 1 nitrogen and oxygen atoms in total. The molecule has 0 radical (unpaired) electrons. The maximum absolute atomic E-state index is 5.38. The first-order chi connectivity index (χ1) is 8.09. The lowest BCUT2D eigenvalue weighted by Gasteiger charge is -2.45. The number of hydrogen-bond acceptors (Lipinski definition) is 1. The molecule has 3 rings (SSSR count). The van der Waals surface area contributed by atoms with E-state index in [1.54, 1.807) is 0 Å². The van der Waals surface area contributed by atoms with Crippen LogP contribution in [0, 0.1) is 5.41 Å². The van der Waals surface area contributed by atoms with Crippen LogP contribution in [0.2, 0.25) is 0 Å². The van der Waals surface area contributed by atoms with Crippen LogP contribution in [0.25, 0.3) is 0 Å². The highest BCUT2D eigenvalue weighted by Gasteiger charge is 2.46. The van der Waals surface area contributed by atoms with Crippen molar-refractivity contribution < 1.29 is 4.42 Å². The van der Waals surface area contributed by atoms with Crippen molar-refractivity contribution in [2.24, 2.45) is 5.41 Å². The Bertz CT molecular complexity index is 516. The molecular weight excluding hydrogens is 208 g/mol. The first-order valence-electron chi connectivity index (χ1n) is 6.20. The van der Waals surface area contributed by atoms with Crippen molar-refractivity contribution >= 4 is 0 Å². The predicted octanol–water partition coefficient (Wildman–Crippen LogP) is 4.55. The molecule has 88 valence electrons. The van der Waals surface area contributed by atoms with Crippen molar-refractivity contribution in [3.05, 3.63) is 59.5 Å². The maximum atomic E-state index is 5.38. The summed E-state index contributed by atoms with van der Waals surface area (Å²) in [4.78, 5) is 0.